The van der Waals surface area contributed by atoms with Gasteiger partial charge in [0.15, 0.2) is 6.20 Å². The second-order valence-corrected chi connectivity index (χ2v) is 9.18. The van der Waals surface area contributed by atoms with Crippen molar-refractivity contribution in [2.24, 2.45) is 7.05 Å². The zero-order chi connectivity index (χ0) is 21.5. The molecule has 2 aromatic carbocycles. The van der Waals surface area contributed by atoms with Crippen LogP contribution < -0.4 is 4.57 Å². The largest absolute Gasteiger partial charge is 0.240 e. The van der Waals surface area contributed by atoms with E-state index in [1.807, 2.05) is 12.4 Å². The highest BCUT2D eigenvalue weighted by Crippen LogP contribution is 2.33. The lowest BCUT2D eigenvalue weighted by atomic mass is 9.96. The molecule has 0 atom stereocenters. The number of nitrogens with zero attached hydrogens (tertiary/aromatic N) is 3. The van der Waals surface area contributed by atoms with Crippen molar-refractivity contribution in [3.63, 3.8) is 0 Å². The van der Waals surface area contributed by atoms with E-state index in [1.165, 1.54) is 70.0 Å². The van der Waals surface area contributed by atoms with Crippen molar-refractivity contribution in [3.8, 4) is 22.4 Å². The van der Waals surface area contributed by atoms with E-state index in [9.17, 15) is 0 Å². The van der Waals surface area contributed by atoms with Gasteiger partial charge in [-0.05, 0) is 73.9 Å². The lowest BCUT2D eigenvalue weighted by Crippen LogP contribution is -2.30. The highest BCUT2D eigenvalue weighted by Gasteiger charge is 2.20. The minimum Gasteiger partial charge on any atom is -0.240 e. The number of aryl methyl sites for hydroxylation is 3. The van der Waals surface area contributed by atoms with Crippen LogP contribution in [0.25, 0.3) is 33.2 Å². The average molecular weight is 409 g/mol. The lowest BCUT2D eigenvalue weighted by Gasteiger charge is -2.11. The maximum atomic E-state index is 4.71. The van der Waals surface area contributed by atoms with E-state index >= 15 is 0 Å². The van der Waals surface area contributed by atoms with Gasteiger partial charge in [0.25, 0.3) is 0 Å². The third-order valence-corrected chi connectivity index (χ3v) is 6.90. The van der Waals surface area contributed by atoms with Gasteiger partial charge < -0.3 is 0 Å². The van der Waals surface area contributed by atoms with Crippen molar-refractivity contribution < 1.29 is 4.57 Å². The van der Waals surface area contributed by atoms with Crippen molar-refractivity contribution >= 4 is 10.8 Å². The van der Waals surface area contributed by atoms with Gasteiger partial charge in [-0.25, -0.2) is 14.5 Å². The van der Waals surface area contributed by atoms with Crippen LogP contribution in [0.5, 0.6) is 0 Å². The summed E-state index contributed by atoms with van der Waals surface area (Å²) in [6.07, 6.45) is 11.3. The molecule has 0 aliphatic heterocycles. The summed E-state index contributed by atoms with van der Waals surface area (Å²) in [6, 6.07) is 13.5. The van der Waals surface area contributed by atoms with Crippen molar-refractivity contribution in [1.82, 2.24) is 9.97 Å². The molecule has 1 saturated carbocycles. The smallest absolute Gasteiger partial charge is 0.213 e. The molecule has 0 unspecified atom stereocenters. The van der Waals surface area contributed by atoms with E-state index in [4.69, 9.17) is 9.97 Å². The van der Waals surface area contributed by atoms with E-state index in [2.05, 4.69) is 75.0 Å². The molecular formula is C28H30N3+. The third kappa shape index (κ3) is 3.74. The van der Waals surface area contributed by atoms with Crippen LogP contribution in [0, 0.1) is 20.8 Å². The Balaban J connectivity index is 1.56. The predicted octanol–water partition coefficient (Wildman–Crippen LogP) is 6.37. The number of hydrogen-bond acceptors (Lipinski definition) is 2. The summed E-state index contributed by atoms with van der Waals surface area (Å²) < 4.78 is 2.24. The lowest BCUT2D eigenvalue weighted by molar-refractivity contribution is -0.659. The molecule has 156 valence electrons. The van der Waals surface area contributed by atoms with Gasteiger partial charge in [0, 0.05) is 40.9 Å². The molecular weight excluding hydrogens is 378 g/mol. The summed E-state index contributed by atoms with van der Waals surface area (Å²) in [6.45, 7) is 6.58. The van der Waals surface area contributed by atoms with Gasteiger partial charge in [-0.2, -0.15) is 0 Å². The van der Waals surface area contributed by atoms with Crippen LogP contribution in [-0.2, 0) is 7.05 Å². The number of benzene rings is 2. The summed E-state index contributed by atoms with van der Waals surface area (Å²) in [5.41, 5.74) is 8.77. The first-order valence-electron chi connectivity index (χ1n) is 11.3. The van der Waals surface area contributed by atoms with E-state index in [1.54, 1.807) is 0 Å². The Hall–Kier alpha value is -3.07. The maximum Gasteiger partial charge on any atom is 0.213 e. The number of fused-ring (bicyclic) bond motifs is 1. The minimum atomic E-state index is 0.550. The molecule has 1 aliphatic carbocycles. The summed E-state index contributed by atoms with van der Waals surface area (Å²) in [5.74, 6) is 1.57. The standard InChI is InChI=1S/C28H30N3/c1-18-11-19(2)20(3)26(12-18)27-14-24-13-22(9-10-23(24)17-31(27)4)25-15-29-28(30-16-25)21-7-5-6-8-21/h9-17,21H,5-8H2,1-4H3/q+1. The number of rotatable bonds is 3. The van der Waals surface area contributed by atoms with Crippen molar-refractivity contribution in [2.75, 3.05) is 0 Å². The zero-order valence-electron chi connectivity index (χ0n) is 18.9. The Morgan fingerprint density at radius 3 is 2.32 bits per heavy atom. The molecule has 31 heavy (non-hydrogen) atoms. The summed E-state index contributed by atoms with van der Waals surface area (Å²) in [5, 5.41) is 2.48. The molecule has 2 aromatic heterocycles. The fourth-order valence-electron chi connectivity index (χ4n) is 4.98. The van der Waals surface area contributed by atoms with Crippen LogP contribution in [0.3, 0.4) is 0 Å². The average Bonchev–Trinajstić information content (AvgIpc) is 3.31. The number of pyridine rings is 1. The first-order valence-corrected chi connectivity index (χ1v) is 11.3. The molecule has 0 amide bonds. The molecule has 1 aliphatic rings. The maximum absolute atomic E-state index is 4.71. The second kappa shape index (κ2) is 7.88. The van der Waals surface area contributed by atoms with Gasteiger partial charge >= 0.3 is 0 Å². The molecule has 3 nitrogen and oxygen atoms in total. The third-order valence-electron chi connectivity index (χ3n) is 6.90. The normalized spacial score (nSPS) is 14.5. The zero-order valence-corrected chi connectivity index (χ0v) is 18.9. The van der Waals surface area contributed by atoms with Crippen molar-refractivity contribution in [2.45, 2.75) is 52.4 Å². The fourth-order valence-corrected chi connectivity index (χ4v) is 4.98. The highest BCUT2D eigenvalue weighted by atomic mass is 14.9. The SMILES string of the molecule is Cc1cc(C)c(C)c(-c2cc3cc(-c4cnc(C5CCCC5)nc4)ccc3c[n+]2C)c1. The van der Waals surface area contributed by atoms with Gasteiger partial charge in [0.05, 0.1) is 0 Å². The van der Waals surface area contributed by atoms with E-state index in [0.29, 0.717) is 5.92 Å². The first kappa shape index (κ1) is 19.9. The van der Waals surface area contributed by atoms with Crippen molar-refractivity contribution in [3.05, 3.63) is 77.5 Å². The first-order chi connectivity index (χ1) is 15.0. The Labute approximate surface area is 184 Å². The number of hydrogen-bond donors (Lipinski definition) is 0. The molecule has 3 heteroatoms. The van der Waals surface area contributed by atoms with Crippen LogP contribution in [0.1, 0.15) is 54.1 Å². The molecule has 0 spiro atoms. The minimum absolute atomic E-state index is 0.550. The molecule has 0 N–H and O–H groups in total. The van der Waals surface area contributed by atoms with E-state index in [-0.39, 0.29) is 0 Å². The van der Waals surface area contributed by atoms with Gasteiger partial charge in [0.1, 0.15) is 12.9 Å². The summed E-state index contributed by atoms with van der Waals surface area (Å²) in [7, 11) is 2.13. The molecule has 0 radical (unpaired) electrons. The van der Waals surface area contributed by atoms with Gasteiger partial charge in [-0.3, -0.25) is 0 Å². The van der Waals surface area contributed by atoms with Crippen LogP contribution >= 0.6 is 0 Å². The van der Waals surface area contributed by atoms with E-state index in [0.717, 1.165) is 11.4 Å². The molecule has 2 heterocycles. The highest BCUT2D eigenvalue weighted by molar-refractivity contribution is 5.88. The second-order valence-electron chi connectivity index (χ2n) is 9.18. The Morgan fingerprint density at radius 1 is 0.839 bits per heavy atom. The fraction of sp³-hybridized carbons (Fsp3) is 0.321. The van der Waals surface area contributed by atoms with Crippen LogP contribution in [0.2, 0.25) is 0 Å². The van der Waals surface area contributed by atoms with Gasteiger partial charge in [0.2, 0.25) is 5.69 Å². The quantitative estimate of drug-likeness (QED) is 0.369. The Kier molecular flexibility index (Phi) is 5.05. The Bertz CT molecular complexity index is 1270. The number of aromatic nitrogens is 3. The summed E-state index contributed by atoms with van der Waals surface area (Å²) >= 11 is 0. The van der Waals surface area contributed by atoms with Crippen LogP contribution in [-0.4, -0.2) is 9.97 Å². The molecule has 5 rings (SSSR count). The van der Waals surface area contributed by atoms with Crippen molar-refractivity contribution in [1.29, 1.82) is 0 Å². The van der Waals surface area contributed by atoms with Crippen LogP contribution in [0.4, 0.5) is 0 Å². The topological polar surface area (TPSA) is 29.7 Å². The van der Waals surface area contributed by atoms with Gasteiger partial charge in [-0.15, -0.1) is 0 Å². The van der Waals surface area contributed by atoms with E-state index < -0.39 is 0 Å². The van der Waals surface area contributed by atoms with Gasteiger partial charge in [-0.1, -0.05) is 30.5 Å². The molecule has 4 aromatic rings. The molecule has 0 bridgehead atoms. The predicted molar refractivity (Wildman–Crippen MR) is 127 cm³/mol. The molecule has 1 fully saturated rings. The summed E-state index contributed by atoms with van der Waals surface area (Å²) in [4.78, 5) is 9.42. The monoisotopic (exact) mass is 408 g/mol. The molecule has 0 saturated heterocycles. The van der Waals surface area contributed by atoms with Crippen LogP contribution in [0.15, 0.2) is 55.0 Å². The Morgan fingerprint density at radius 2 is 1.58 bits per heavy atom.